The number of aromatic nitrogens is 1. The molecule has 1 aromatic carbocycles. The van der Waals surface area contributed by atoms with Gasteiger partial charge in [0.05, 0.1) is 0 Å². The van der Waals surface area contributed by atoms with Gasteiger partial charge in [0.1, 0.15) is 6.26 Å². The molecule has 1 aliphatic heterocycles. The van der Waals surface area contributed by atoms with E-state index in [1.165, 1.54) is 6.26 Å². The van der Waals surface area contributed by atoms with E-state index in [9.17, 15) is 9.59 Å². The molecule has 25 heavy (non-hydrogen) atoms. The van der Waals surface area contributed by atoms with Gasteiger partial charge in [-0.25, -0.2) is 4.98 Å². The van der Waals surface area contributed by atoms with Crippen molar-refractivity contribution in [2.45, 2.75) is 38.0 Å². The molecule has 2 aliphatic rings. The predicted octanol–water partition coefficient (Wildman–Crippen LogP) is 3.34. The van der Waals surface area contributed by atoms with Gasteiger partial charge in [0.15, 0.2) is 17.4 Å². The van der Waals surface area contributed by atoms with Crippen molar-refractivity contribution >= 4 is 17.4 Å². The van der Waals surface area contributed by atoms with E-state index < -0.39 is 0 Å². The van der Waals surface area contributed by atoms with Crippen molar-refractivity contribution in [1.82, 2.24) is 4.98 Å². The molecule has 1 saturated heterocycles. The fraction of sp³-hybridized carbons (Fsp3) is 0.421. The first-order valence-corrected chi connectivity index (χ1v) is 8.71. The van der Waals surface area contributed by atoms with E-state index in [-0.39, 0.29) is 23.3 Å². The minimum absolute atomic E-state index is 0.139. The van der Waals surface area contributed by atoms with Crippen LogP contribution in [0.3, 0.4) is 0 Å². The molecule has 6 heteroatoms. The van der Waals surface area contributed by atoms with E-state index >= 15 is 0 Å². The Morgan fingerprint density at radius 1 is 1.20 bits per heavy atom. The monoisotopic (exact) mass is 340 g/mol. The molecule has 4 rings (SSSR count). The molecule has 0 unspecified atom stereocenters. The number of rotatable bonds is 3. The van der Waals surface area contributed by atoms with Gasteiger partial charge in [0, 0.05) is 36.8 Å². The lowest BCUT2D eigenvalue weighted by Crippen LogP contribution is -2.16. The van der Waals surface area contributed by atoms with Gasteiger partial charge in [-0.1, -0.05) is 6.07 Å². The van der Waals surface area contributed by atoms with Crippen LogP contribution < -0.4 is 5.32 Å². The average molecular weight is 340 g/mol. The van der Waals surface area contributed by atoms with Crippen LogP contribution in [0, 0.1) is 0 Å². The molecule has 0 spiro atoms. The number of Topliss-reactive ketones (excluding diaryl/α,β-unsaturated/α-hetero) is 1. The van der Waals surface area contributed by atoms with Crippen molar-refractivity contribution in [3.63, 3.8) is 0 Å². The smallest absolute Gasteiger partial charge is 0.277 e. The SMILES string of the molecule is O=C(Nc1ccc2c(c1)C(=O)CCC2)c1coc(C2CCOCC2)n1. The van der Waals surface area contributed by atoms with Gasteiger partial charge in [-0.05, 0) is 43.4 Å². The van der Waals surface area contributed by atoms with Crippen LogP contribution in [0.25, 0.3) is 0 Å². The number of hydrogen-bond donors (Lipinski definition) is 1. The molecular formula is C19H20N2O4. The number of aryl methyl sites for hydroxylation is 1. The van der Waals surface area contributed by atoms with Gasteiger partial charge in [0.25, 0.3) is 5.91 Å². The summed E-state index contributed by atoms with van der Waals surface area (Å²) in [6.45, 7) is 1.38. The molecule has 0 atom stereocenters. The van der Waals surface area contributed by atoms with E-state index in [0.29, 0.717) is 36.8 Å². The van der Waals surface area contributed by atoms with Gasteiger partial charge < -0.3 is 14.5 Å². The quantitative estimate of drug-likeness (QED) is 0.927. The molecule has 1 aromatic heterocycles. The van der Waals surface area contributed by atoms with Crippen LogP contribution in [0.5, 0.6) is 0 Å². The summed E-state index contributed by atoms with van der Waals surface area (Å²) in [4.78, 5) is 28.8. The van der Waals surface area contributed by atoms with Crippen LogP contribution in [0.2, 0.25) is 0 Å². The zero-order valence-electron chi connectivity index (χ0n) is 13.9. The number of ether oxygens (including phenoxy) is 1. The van der Waals surface area contributed by atoms with Gasteiger partial charge >= 0.3 is 0 Å². The van der Waals surface area contributed by atoms with E-state index in [1.807, 2.05) is 12.1 Å². The second kappa shape index (κ2) is 6.80. The number of nitrogens with zero attached hydrogens (tertiary/aromatic N) is 1. The van der Waals surface area contributed by atoms with Crippen LogP contribution in [-0.4, -0.2) is 29.9 Å². The van der Waals surface area contributed by atoms with Crippen LogP contribution >= 0.6 is 0 Å². The standard InChI is InChI=1S/C19H20N2O4/c22-17-3-1-2-12-4-5-14(10-15(12)17)20-18(23)16-11-25-19(21-16)13-6-8-24-9-7-13/h4-5,10-11,13H,1-3,6-9H2,(H,20,23). The number of carbonyl (C=O) groups is 2. The Bertz CT molecular complexity index is 806. The lowest BCUT2D eigenvalue weighted by Gasteiger charge is -2.18. The zero-order chi connectivity index (χ0) is 17.2. The summed E-state index contributed by atoms with van der Waals surface area (Å²) in [6.07, 6.45) is 5.48. The summed E-state index contributed by atoms with van der Waals surface area (Å²) < 4.78 is 10.8. The molecule has 0 bridgehead atoms. The summed E-state index contributed by atoms with van der Waals surface area (Å²) in [5, 5.41) is 2.81. The third-order valence-electron chi connectivity index (χ3n) is 4.84. The zero-order valence-corrected chi connectivity index (χ0v) is 13.9. The molecule has 1 aliphatic carbocycles. The van der Waals surface area contributed by atoms with Crippen molar-refractivity contribution in [2.75, 3.05) is 18.5 Å². The Balaban J connectivity index is 1.48. The van der Waals surface area contributed by atoms with Crippen molar-refractivity contribution in [2.24, 2.45) is 0 Å². The van der Waals surface area contributed by atoms with Crippen LogP contribution in [-0.2, 0) is 11.2 Å². The average Bonchev–Trinajstić information content (AvgIpc) is 3.13. The van der Waals surface area contributed by atoms with E-state index in [0.717, 1.165) is 31.2 Å². The molecule has 1 fully saturated rings. The Labute approximate surface area is 145 Å². The molecule has 2 heterocycles. The number of nitrogens with one attached hydrogen (secondary N) is 1. The summed E-state index contributed by atoms with van der Waals surface area (Å²) in [7, 11) is 0. The Kier molecular flexibility index (Phi) is 4.36. The number of oxazole rings is 1. The van der Waals surface area contributed by atoms with E-state index in [2.05, 4.69) is 10.3 Å². The topological polar surface area (TPSA) is 81.4 Å². The molecule has 130 valence electrons. The van der Waals surface area contributed by atoms with Crippen LogP contribution in [0.4, 0.5) is 5.69 Å². The number of ketones is 1. The largest absolute Gasteiger partial charge is 0.448 e. The first-order valence-electron chi connectivity index (χ1n) is 8.71. The molecule has 1 N–H and O–H groups in total. The highest BCUT2D eigenvalue weighted by atomic mass is 16.5. The lowest BCUT2D eigenvalue weighted by atomic mass is 9.90. The van der Waals surface area contributed by atoms with Crippen LogP contribution in [0.15, 0.2) is 28.9 Å². The molecule has 6 nitrogen and oxygen atoms in total. The molecule has 2 aromatic rings. The van der Waals surface area contributed by atoms with Crippen molar-refractivity contribution in [3.05, 3.63) is 47.2 Å². The highest BCUT2D eigenvalue weighted by Gasteiger charge is 2.23. The molecule has 0 saturated carbocycles. The third kappa shape index (κ3) is 3.35. The lowest BCUT2D eigenvalue weighted by molar-refractivity contribution is 0.0794. The highest BCUT2D eigenvalue weighted by Crippen LogP contribution is 2.27. The normalized spacial score (nSPS) is 18.0. The van der Waals surface area contributed by atoms with Crippen molar-refractivity contribution in [3.8, 4) is 0 Å². The van der Waals surface area contributed by atoms with Gasteiger partial charge in [-0.3, -0.25) is 9.59 Å². The maximum Gasteiger partial charge on any atom is 0.277 e. The maximum absolute atomic E-state index is 12.4. The molecular weight excluding hydrogens is 320 g/mol. The fourth-order valence-electron chi connectivity index (χ4n) is 3.42. The number of amides is 1. The second-order valence-electron chi connectivity index (χ2n) is 6.56. The fourth-order valence-corrected chi connectivity index (χ4v) is 3.42. The summed E-state index contributed by atoms with van der Waals surface area (Å²) in [5.74, 6) is 0.608. The van der Waals surface area contributed by atoms with E-state index in [4.69, 9.17) is 9.15 Å². The van der Waals surface area contributed by atoms with Crippen molar-refractivity contribution in [1.29, 1.82) is 0 Å². The minimum Gasteiger partial charge on any atom is -0.448 e. The minimum atomic E-state index is -0.328. The Hall–Kier alpha value is -2.47. The third-order valence-corrected chi connectivity index (χ3v) is 4.84. The van der Waals surface area contributed by atoms with Gasteiger partial charge in [-0.15, -0.1) is 0 Å². The first kappa shape index (κ1) is 16.0. The van der Waals surface area contributed by atoms with Gasteiger partial charge in [-0.2, -0.15) is 0 Å². The summed E-state index contributed by atoms with van der Waals surface area (Å²) in [6, 6.07) is 5.50. The van der Waals surface area contributed by atoms with Crippen molar-refractivity contribution < 1.29 is 18.7 Å². The highest BCUT2D eigenvalue weighted by molar-refractivity contribution is 6.04. The number of fused-ring (bicyclic) bond motifs is 1. The molecule has 1 amide bonds. The van der Waals surface area contributed by atoms with Gasteiger partial charge in [0.2, 0.25) is 0 Å². The number of anilines is 1. The predicted molar refractivity (Wildman–Crippen MR) is 91.0 cm³/mol. The maximum atomic E-state index is 12.4. The number of carbonyl (C=O) groups excluding carboxylic acids is 2. The Morgan fingerprint density at radius 2 is 2.04 bits per heavy atom. The summed E-state index contributed by atoms with van der Waals surface area (Å²) >= 11 is 0. The van der Waals surface area contributed by atoms with Crippen LogP contribution in [0.1, 0.15) is 63.9 Å². The van der Waals surface area contributed by atoms with E-state index in [1.54, 1.807) is 6.07 Å². The molecule has 0 radical (unpaired) electrons. The Morgan fingerprint density at radius 3 is 2.88 bits per heavy atom. The summed E-state index contributed by atoms with van der Waals surface area (Å²) in [5.41, 5.74) is 2.63. The number of hydrogen-bond acceptors (Lipinski definition) is 5. The number of benzene rings is 1. The first-order chi connectivity index (χ1) is 12.2. The second-order valence-corrected chi connectivity index (χ2v) is 6.56.